The molecule has 1 aliphatic heterocycles. The van der Waals surface area contributed by atoms with E-state index in [4.69, 9.17) is 0 Å². The minimum atomic E-state index is 0.0123. The van der Waals surface area contributed by atoms with Crippen molar-refractivity contribution in [3.8, 4) is 0 Å². The highest BCUT2D eigenvalue weighted by Gasteiger charge is 2.20. The molecule has 2 unspecified atom stereocenters. The van der Waals surface area contributed by atoms with Crippen molar-refractivity contribution >= 4 is 17.2 Å². The van der Waals surface area contributed by atoms with E-state index in [0.29, 0.717) is 0 Å². The second-order valence-electron chi connectivity index (χ2n) is 5.05. The monoisotopic (exact) mass is 266 g/mol. The molecule has 2 N–H and O–H groups in total. The maximum Gasteiger partial charge on any atom is 0.237 e. The minimum absolute atomic E-state index is 0.0123. The standard InChI is InChI=1S/C14H22N2OS/c1-11(10-12-6-5-9-18-12)16-14(17)13-7-3-2-4-8-15-13/h5-6,9,11,13,15H,2-4,7-8,10H2,1H3,(H,16,17). The number of hydrogen-bond donors (Lipinski definition) is 2. The second kappa shape index (κ2) is 6.90. The van der Waals surface area contributed by atoms with E-state index >= 15 is 0 Å². The summed E-state index contributed by atoms with van der Waals surface area (Å²) in [6.45, 7) is 3.05. The van der Waals surface area contributed by atoms with Crippen LogP contribution in [0.5, 0.6) is 0 Å². The van der Waals surface area contributed by atoms with Gasteiger partial charge in [0.15, 0.2) is 0 Å². The highest BCUT2D eigenvalue weighted by atomic mass is 32.1. The van der Waals surface area contributed by atoms with Crippen molar-refractivity contribution in [1.29, 1.82) is 0 Å². The lowest BCUT2D eigenvalue weighted by molar-refractivity contribution is -0.123. The van der Waals surface area contributed by atoms with E-state index < -0.39 is 0 Å². The van der Waals surface area contributed by atoms with Gasteiger partial charge in [0.25, 0.3) is 0 Å². The summed E-state index contributed by atoms with van der Waals surface area (Å²) in [6, 6.07) is 4.40. The van der Waals surface area contributed by atoms with Crippen molar-refractivity contribution in [3.63, 3.8) is 0 Å². The number of carbonyl (C=O) groups excluding carboxylic acids is 1. The Morgan fingerprint density at radius 2 is 2.44 bits per heavy atom. The third-order valence-corrected chi connectivity index (χ3v) is 4.25. The fourth-order valence-electron chi connectivity index (χ4n) is 2.38. The van der Waals surface area contributed by atoms with Crippen molar-refractivity contribution in [1.82, 2.24) is 10.6 Å². The number of nitrogens with one attached hydrogen (secondary N) is 2. The molecule has 1 fully saturated rings. The molecule has 1 aliphatic rings. The first-order valence-corrected chi connectivity index (χ1v) is 7.70. The smallest absolute Gasteiger partial charge is 0.237 e. The average molecular weight is 266 g/mol. The Morgan fingerprint density at radius 1 is 1.56 bits per heavy atom. The van der Waals surface area contributed by atoms with E-state index in [1.54, 1.807) is 11.3 Å². The average Bonchev–Trinajstić information content (AvgIpc) is 2.68. The van der Waals surface area contributed by atoms with Gasteiger partial charge in [0, 0.05) is 17.3 Å². The van der Waals surface area contributed by atoms with Crippen molar-refractivity contribution in [2.24, 2.45) is 0 Å². The Balaban J connectivity index is 1.78. The van der Waals surface area contributed by atoms with Gasteiger partial charge >= 0.3 is 0 Å². The quantitative estimate of drug-likeness (QED) is 0.878. The summed E-state index contributed by atoms with van der Waals surface area (Å²) in [7, 11) is 0. The van der Waals surface area contributed by atoms with E-state index in [2.05, 4.69) is 35.1 Å². The van der Waals surface area contributed by atoms with Crippen LogP contribution in [-0.2, 0) is 11.2 Å². The predicted octanol–water partition coefficient (Wildman–Crippen LogP) is 2.33. The molecule has 18 heavy (non-hydrogen) atoms. The Morgan fingerprint density at radius 3 is 3.22 bits per heavy atom. The molecule has 0 aromatic carbocycles. The second-order valence-corrected chi connectivity index (χ2v) is 6.08. The maximum absolute atomic E-state index is 12.1. The topological polar surface area (TPSA) is 41.1 Å². The van der Waals surface area contributed by atoms with E-state index in [-0.39, 0.29) is 18.0 Å². The summed E-state index contributed by atoms with van der Waals surface area (Å²) >= 11 is 1.75. The lowest BCUT2D eigenvalue weighted by Crippen LogP contribution is -2.47. The van der Waals surface area contributed by atoms with Crippen LogP contribution >= 0.6 is 11.3 Å². The van der Waals surface area contributed by atoms with Crippen LogP contribution < -0.4 is 10.6 Å². The highest BCUT2D eigenvalue weighted by Crippen LogP contribution is 2.12. The van der Waals surface area contributed by atoms with Crippen LogP contribution in [0.3, 0.4) is 0 Å². The summed E-state index contributed by atoms with van der Waals surface area (Å²) in [5.41, 5.74) is 0. The van der Waals surface area contributed by atoms with E-state index in [9.17, 15) is 4.79 Å². The molecule has 0 bridgehead atoms. The zero-order chi connectivity index (χ0) is 12.8. The lowest BCUT2D eigenvalue weighted by atomic mass is 10.1. The van der Waals surface area contributed by atoms with Gasteiger partial charge in [-0.15, -0.1) is 11.3 Å². The summed E-state index contributed by atoms with van der Waals surface area (Å²) in [4.78, 5) is 13.4. The van der Waals surface area contributed by atoms with Gasteiger partial charge in [0.2, 0.25) is 5.91 Å². The molecular weight excluding hydrogens is 244 g/mol. The van der Waals surface area contributed by atoms with Crippen LogP contribution in [0.25, 0.3) is 0 Å². The Hall–Kier alpha value is -0.870. The number of rotatable bonds is 4. The summed E-state index contributed by atoms with van der Waals surface area (Å²) in [5, 5.41) is 8.54. The normalized spacial score (nSPS) is 22.2. The predicted molar refractivity (Wildman–Crippen MR) is 75.9 cm³/mol. The molecule has 1 amide bonds. The number of thiophene rings is 1. The lowest BCUT2D eigenvalue weighted by Gasteiger charge is -2.19. The van der Waals surface area contributed by atoms with Gasteiger partial charge in [-0.25, -0.2) is 0 Å². The summed E-state index contributed by atoms with van der Waals surface area (Å²) < 4.78 is 0. The molecule has 2 rings (SSSR count). The van der Waals surface area contributed by atoms with Gasteiger partial charge in [-0.2, -0.15) is 0 Å². The van der Waals surface area contributed by atoms with Gasteiger partial charge in [-0.3, -0.25) is 4.79 Å². The Kier molecular flexibility index (Phi) is 5.20. The van der Waals surface area contributed by atoms with E-state index in [1.165, 1.54) is 17.7 Å². The van der Waals surface area contributed by atoms with Crippen LogP contribution in [0.4, 0.5) is 0 Å². The molecule has 1 aromatic rings. The number of hydrogen-bond acceptors (Lipinski definition) is 3. The van der Waals surface area contributed by atoms with Gasteiger partial charge in [-0.05, 0) is 37.8 Å². The van der Waals surface area contributed by atoms with Gasteiger partial charge in [0.1, 0.15) is 0 Å². The van der Waals surface area contributed by atoms with Crippen LogP contribution in [-0.4, -0.2) is 24.5 Å². The molecule has 100 valence electrons. The molecule has 2 atom stereocenters. The van der Waals surface area contributed by atoms with Gasteiger partial charge in [-0.1, -0.05) is 18.9 Å². The zero-order valence-corrected chi connectivity index (χ0v) is 11.8. The maximum atomic E-state index is 12.1. The summed E-state index contributed by atoms with van der Waals surface area (Å²) in [6.07, 6.45) is 5.48. The van der Waals surface area contributed by atoms with Crippen LogP contribution in [0, 0.1) is 0 Å². The molecule has 1 aromatic heterocycles. The van der Waals surface area contributed by atoms with Crippen molar-refractivity contribution in [2.75, 3.05) is 6.54 Å². The van der Waals surface area contributed by atoms with Crippen molar-refractivity contribution < 1.29 is 4.79 Å². The van der Waals surface area contributed by atoms with E-state index in [0.717, 1.165) is 25.8 Å². The third kappa shape index (κ3) is 4.10. The fourth-order valence-corrected chi connectivity index (χ4v) is 3.21. The SMILES string of the molecule is CC(Cc1cccs1)NC(=O)C1CCCCCN1. The molecule has 0 aliphatic carbocycles. The molecule has 3 nitrogen and oxygen atoms in total. The van der Waals surface area contributed by atoms with E-state index in [1.807, 2.05) is 0 Å². The third-order valence-electron chi connectivity index (χ3n) is 3.35. The molecule has 4 heteroatoms. The van der Waals surface area contributed by atoms with Gasteiger partial charge < -0.3 is 10.6 Å². The van der Waals surface area contributed by atoms with Crippen LogP contribution in [0.15, 0.2) is 17.5 Å². The highest BCUT2D eigenvalue weighted by molar-refractivity contribution is 7.09. The zero-order valence-electron chi connectivity index (χ0n) is 10.9. The Bertz CT molecular complexity index is 356. The molecular formula is C14H22N2OS. The molecule has 0 spiro atoms. The fraction of sp³-hybridized carbons (Fsp3) is 0.643. The first-order valence-electron chi connectivity index (χ1n) is 6.82. The van der Waals surface area contributed by atoms with Crippen LogP contribution in [0.2, 0.25) is 0 Å². The van der Waals surface area contributed by atoms with Crippen LogP contribution in [0.1, 0.15) is 37.5 Å². The van der Waals surface area contributed by atoms with Crippen molar-refractivity contribution in [3.05, 3.63) is 22.4 Å². The Labute approximate surface area is 113 Å². The minimum Gasteiger partial charge on any atom is -0.352 e. The van der Waals surface area contributed by atoms with Gasteiger partial charge in [0.05, 0.1) is 6.04 Å². The number of carbonyl (C=O) groups is 1. The first kappa shape index (κ1) is 13.6. The molecule has 1 saturated heterocycles. The molecule has 2 heterocycles. The first-order chi connectivity index (χ1) is 8.75. The van der Waals surface area contributed by atoms with Crippen molar-refractivity contribution in [2.45, 2.75) is 51.1 Å². The molecule has 0 saturated carbocycles. The largest absolute Gasteiger partial charge is 0.352 e. The number of amides is 1. The summed E-state index contributed by atoms with van der Waals surface area (Å²) in [5.74, 6) is 0.168. The molecule has 0 radical (unpaired) electrons.